The highest BCUT2D eigenvalue weighted by molar-refractivity contribution is 9.09. The number of ether oxygens (including phenoxy) is 3. The van der Waals surface area contributed by atoms with Crippen molar-refractivity contribution in [3.05, 3.63) is 59.7 Å². The molecule has 0 bridgehead atoms. The molecule has 2 aromatic carbocycles. The lowest BCUT2D eigenvalue weighted by Crippen LogP contribution is -2.03. The summed E-state index contributed by atoms with van der Waals surface area (Å²) in [4.78, 5) is 22.0. The Morgan fingerprint density at radius 2 is 1.44 bits per heavy atom. The number of hydrogen-bond donors (Lipinski definition) is 1. The number of rotatable bonds is 8. The first kappa shape index (κ1) is 31.5. The minimum absolute atomic E-state index is 0. The highest BCUT2D eigenvalue weighted by Gasteiger charge is 2.06. The number of alkyl halides is 3. The average molecular weight is 521 g/mol. The number of hydrogen-bond acceptors (Lipinski definition) is 6. The summed E-state index contributed by atoms with van der Waals surface area (Å²) in [5.41, 5.74) is 0.780. The molecule has 0 atom stereocenters. The van der Waals surface area contributed by atoms with Crippen LogP contribution in [-0.2, 0) is 9.47 Å². The van der Waals surface area contributed by atoms with Crippen LogP contribution in [0.15, 0.2) is 48.5 Å². The molecule has 0 aromatic heterocycles. The second-order valence-corrected chi connectivity index (χ2v) is 6.48. The smallest absolute Gasteiger partial charge is 0.337 e. The predicted octanol–water partition coefficient (Wildman–Crippen LogP) is 5.77. The molecule has 9 heteroatoms. The SMILES string of the molecule is C.COC(=O)c1cccc(O)c1.COC(=O)c1cccc(OCCCF)c1.FCCCBr. The van der Waals surface area contributed by atoms with Gasteiger partial charge < -0.3 is 19.3 Å². The number of aromatic hydroxyl groups is 1. The van der Waals surface area contributed by atoms with E-state index in [-0.39, 0.29) is 19.9 Å². The molecule has 0 aliphatic rings. The van der Waals surface area contributed by atoms with Crippen molar-refractivity contribution in [3.63, 3.8) is 0 Å². The highest BCUT2D eigenvalue weighted by atomic mass is 79.9. The molecule has 1 N–H and O–H groups in total. The molecule has 180 valence electrons. The van der Waals surface area contributed by atoms with Crippen LogP contribution < -0.4 is 4.74 Å². The third-order valence-corrected chi connectivity index (χ3v) is 3.90. The van der Waals surface area contributed by atoms with Crippen LogP contribution >= 0.6 is 15.9 Å². The van der Waals surface area contributed by atoms with E-state index in [4.69, 9.17) is 9.84 Å². The molecule has 0 saturated carbocycles. The van der Waals surface area contributed by atoms with Gasteiger partial charge in [0.05, 0.1) is 45.3 Å². The number of halogens is 3. The van der Waals surface area contributed by atoms with Gasteiger partial charge in [0, 0.05) is 11.8 Å². The standard InChI is InChI=1S/C11H13FO3.C8H8O3.C3H6BrF.CH4/c1-14-11(13)9-4-2-5-10(8-9)15-7-3-6-12;1-11-8(10)6-3-2-4-7(9)5-6;4-2-1-3-5;/h2,4-5,8H,3,6-7H2,1H3;2-5,9H,1H3;1-3H2;1H4. The van der Waals surface area contributed by atoms with E-state index in [9.17, 15) is 18.4 Å². The minimum atomic E-state index is -0.444. The summed E-state index contributed by atoms with van der Waals surface area (Å²) >= 11 is 3.07. The Kier molecular flexibility index (Phi) is 19.9. The first-order valence-corrected chi connectivity index (χ1v) is 10.4. The fraction of sp³-hybridized carbons (Fsp3) is 0.391. The van der Waals surface area contributed by atoms with Crippen molar-refractivity contribution in [1.29, 1.82) is 0 Å². The van der Waals surface area contributed by atoms with E-state index in [1.54, 1.807) is 36.4 Å². The summed E-state index contributed by atoms with van der Waals surface area (Å²) in [6.45, 7) is -0.303. The Balaban J connectivity index is 0. The van der Waals surface area contributed by atoms with Crippen LogP contribution in [0.4, 0.5) is 8.78 Å². The Morgan fingerprint density at radius 3 is 1.88 bits per heavy atom. The van der Waals surface area contributed by atoms with Gasteiger partial charge in [-0.1, -0.05) is 35.5 Å². The molecule has 0 unspecified atom stereocenters. The second kappa shape index (κ2) is 20.2. The van der Waals surface area contributed by atoms with E-state index in [1.807, 2.05) is 0 Å². The van der Waals surface area contributed by atoms with Gasteiger partial charge >= 0.3 is 11.9 Å². The highest BCUT2D eigenvalue weighted by Crippen LogP contribution is 2.14. The fourth-order valence-electron chi connectivity index (χ4n) is 1.88. The molecule has 0 saturated heterocycles. The van der Waals surface area contributed by atoms with Crippen molar-refractivity contribution in [2.75, 3.05) is 39.5 Å². The molecule has 0 aliphatic heterocycles. The summed E-state index contributed by atoms with van der Waals surface area (Å²) in [5.74, 6) is -0.244. The predicted molar refractivity (Wildman–Crippen MR) is 124 cm³/mol. The molecule has 0 fully saturated rings. The summed E-state index contributed by atoms with van der Waals surface area (Å²) in [6.07, 6.45) is 0.989. The van der Waals surface area contributed by atoms with Crippen molar-refractivity contribution in [2.24, 2.45) is 0 Å². The van der Waals surface area contributed by atoms with Gasteiger partial charge in [0.15, 0.2) is 0 Å². The quantitative estimate of drug-likeness (QED) is 0.270. The van der Waals surface area contributed by atoms with E-state index in [2.05, 4.69) is 25.4 Å². The van der Waals surface area contributed by atoms with Crippen LogP contribution in [0, 0.1) is 0 Å². The van der Waals surface area contributed by atoms with E-state index in [0.29, 0.717) is 36.3 Å². The van der Waals surface area contributed by atoms with Gasteiger partial charge in [-0.05, 0) is 42.8 Å². The van der Waals surface area contributed by atoms with Crippen molar-refractivity contribution >= 4 is 27.9 Å². The Labute approximate surface area is 196 Å². The second-order valence-electron chi connectivity index (χ2n) is 5.68. The van der Waals surface area contributed by atoms with Gasteiger partial charge in [-0.2, -0.15) is 0 Å². The fourth-order valence-corrected chi connectivity index (χ4v) is 2.09. The van der Waals surface area contributed by atoms with Crippen LogP contribution in [0.5, 0.6) is 11.5 Å². The molecule has 2 aromatic rings. The van der Waals surface area contributed by atoms with Gasteiger partial charge in [-0.25, -0.2) is 9.59 Å². The molecule has 6 nitrogen and oxygen atoms in total. The van der Waals surface area contributed by atoms with Gasteiger partial charge in [-0.15, -0.1) is 0 Å². The maximum Gasteiger partial charge on any atom is 0.337 e. The van der Waals surface area contributed by atoms with Crippen LogP contribution in [-0.4, -0.2) is 56.6 Å². The summed E-state index contributed by atoms with van der Waals surface area (Å²) < 4.78 is 37.0. The van der Waals surface area contributed by atoms with Crippen LogP contribution in [0.1, 0.15) is 41.0 Å². The van der Waals surface area contributed by atoms with Crippen LogP contribution in [0.3, 0.4) is 0 Å². The lowest BCUT2D eigenvalue weighted by molar-refractivity contribution is 0.0591. The third kappa shape index (κ3) is 14.3. The molecule has 2 rings (SSSR count). The van der Waals surface area contributed by atoms with E-state index >= 15 is 0 Å². The van der Waals surface area contributed by atoms with Crippen molar-refractivity contribution in [1.82, 2.24) is 0 Å². The normalized spacial score (nSPS) is 9.03. The molecule has 0 amide bonds. The third-order valence-electron chi connectivity index (χ3n) is 3.34. The average Bonchev–Trinajstić information content (AvgIpc) is 2.80. The summed E-state index contributed by atoms with van der Waals surface area (Å²) in [6, 6.07) is 12.6. The number of esters is 2. The summed E-state index contributed by atoms with van der Waals surface area (Å²) in [5, 5.41) is 9.73. The van der Waals surface area contributed by atoms with Crippen LogP contribution in [0.2, 0.25) is 0 Å². The first-order valence-electron chi connectivity index (χ1n) is 9.29. The number of phenolic OH excluding ortho intramolecular Hbond substituents is 1. The largest absolute Gasteiger partial charge is 0.508 e. The maximum absolute atomic E-state index is 11.8. The number of carbonyl (C=O) groups excluding carboxylic acids is 2. The van der Waals surface area contributed by atoms with Gasteiger partial charge in [0.2, 0.25) is 0 Å². The molecule has 0 radical (unpaired) electrons. The van der Waals surface area contributed by atoms with E-state index < -0.39 is 18.6 Å². The number of carbonyl (C=O) groups is 2. The molecule has 0 spiro atoms. The van der Waals surface area contributed by atoms with Crippen LogP contribution in [0.25, 0.3) is 0 Å². The first-order chi connectivity index (χ1) is 14.9. The summed E-state index contributed by atoms with van der Waals surface area (Å²) in [7, 11) is 2.62. The van der Waals surface area contributed by atoms with E-state index in [1.165, 1.54) is 26.4 Å². The maximum atomic E-state index is 11.8. The van der Waals surface area contributed by atoms with Gasteiger partial charge in [0.25, 0.3) is 0 Å². The van der Waals surface area contributed by atoms with Crippen molar-refractivity contribution < 1.29 is 37.7 Å². The van der Waals surface area contributed by atoms with Gasteiger partial charge in [-0.3, -0.25) is 8.78 Å². The zero-order valence-corrected chi connectivity index (χ0v) is 19.1. The lowest BCUT2D eigenvalue weighted by Gasteiger charge is -2.05. The Morgan fingerprint density at radius 1 is 0.906 bits per heavy atom. The van der Waals surface area contributed by atoms with Crippen molar-refractivity contribution in [3.8, 4) is 11.5 Å². The molecular formula is C23H31BrF2O6. The molecule has 0 aliphatic carbocycles. The molecule has 32 heavy (non-hydrogen) atoms. The number of phenols is 1. The Bertz CT molecular complexity index is 772. The van der Waals surface area contributed by atoms with Crippen molar-refractivity contribution in [2.45, 2.75) is 20.3 Å². The molecule has 0 heterocycles. The van der Waals surface area contributed by atoms with Gasteiger partial charge in [0.1, 0.15) is 11.5 Å². The zero-order chi connectivity index (χ0) is 23.5. The minimum Gasteiger partial charge on any atom is -0.508 e. The molecular weight excluding hydrogens is 490 g/mol. The number of methoxy groups -OCH3 is 2. The van der Waals surface area contributed by atoms with E-state index in [0.717, 1.165) is 5.33 Å². The zero-order valence-electron chi connectivity index (χ0n) is 17.5. The topological polar surface area (TPSA) is 82.1 Å². The number of benzene rings is 2. The lowest BCUT2D eigenvalue weighted by atomic mass is 10.2. The monoisotopic (exact) mass is 520 g/mol. The Hall–Kier alpha value is -2.68.